The van der Waals surface area contributed by atoms with Gasteiger partial charge in [-0.25, -0.2) is 0 Å². The van der Waals surface area contributed by atoms with Crippen molar-refractivity contribution in [3.8, 4) is 6.07 Å². The van der Waals surface area contributed by atoms with E-state index in [-0.39, 0.29) is 0 Å². The van der Waals surface area contributed by atoms with Gasteiger partial charge in [0.05, 0.1) is 23.0 Å². The second-order valence-electron chi connectivity index (χ2n) is 4.25. The van der Waals surface area contributed by atoms with Gasteiger partial charge in [-0.1, -0.05) is 12.1 Å². The lowest BCUT2D eigenvalue weighted by molar-refractivity contribution is 1.08. The summed E-state index contributed by atoms with van der Waals surface area (Å²) in [7, 11) is 0. The Hall–Kier alpha value is -2.34. The largest absolute Gasteiger partial charge is 0.380 e. The quantitative estimate of drug-likeness (QED) is 0.891. The maximum absolute atomic E-state index is 8.72. The predicted molar refractivity (Wildman–Crippen MR) is 72.2 cm³/mol. The van der Waals surface area contributed by atoms with Crippen LogP contribution in [0.2, 0.25) is 0 Å². The van der Waals surface area contributed by atoms with Gasteiger partial charge in [0, 0.05) is 12.2 Å². The standard InChI is InChI=1S/C15H15N3/c1-11-3-8-15(12(2)18-11)17-10-14-6-4-13(9-16)5-7-14/h3-8,17H,10H2,1-2H3. The molecular weight excluding hydrogens is 222 g/mol. The van der Waals surface area contributed by atoms with E-state index in [4.69, 9.17) is 5.26 Å². The maximum atomic E-state index is 8.72. The summed E-state index contributed by atoms with van der Waals surface area (Å²) >= 11 is 0. The highest BCUT2D eigenvalue weighted by Gasteiger charge is 2.00. The molecule has 18 heavy (non-hydrogen) atoms. The van der Waals surface area contributed by atoms with Crippen molar-refractivity contribution in [3.63, 3.8) is 0 Å². The fourth-order valence-corrected chi connectivity index (χ4v) is 1.77. The number of aryl methyl sites for hydroxylation is 2. The van der Waals surface area contributed by atoms with Crippen LogP contribution in [0, 0.1) is 25.2 Å². The van der Waals surface area contributed by atoms with Crippen molar-refractivity contribution < 1.29 is 0 Å². The van der Waals surface area contributed by atoms with E-state index in [0.29, 0.717) is 5.56 Å². The van der Waals surface area contributed by atoms with Crippen LogP contribution in [0.15, 0.2) is 36.4 Å². The number of nitrogens with one attached hydrogen (secondary N) is 1. The lowest BCUT2D eigenvalue weighted by Gasteiger charge is -2.09. The fourth-order valence-electron chi connectivity index (χ4n) is 1.77. The first-order valence-corrected chi connectivity index (χ1v) is 5.86. The van der Waals surface area contributed by atoms with E-state index >= 15 is 0 Å². The van der Waals surface area contributed by atoms with E-state index in [1.165, 1.54) is 0 Å². The summed E-state index contributed by atoms with van der Waals surface area (Å²) in [5, 5.41) is 12.1. The van der Waals surface area contributed by atoms with Crippen molar-refractivity contribution in [1.29, 1.82) is 5.26 Å². The van der Waals surface area contributed by atoms with Gasteiger partial charge in [0.1, 0.15) is 0 Å². The molecule has 0 radical (unpaired) electrons. The van der Waals surface area contributed by atoms with Gasteiger partial charge >= 0.3 is 0 Å². The normalized spacial score (nSPS) is 9.83. The van der Waals surface area contributed by atoms with E-state index in [9.17, 15) is 0 Å². The second-order valence-corrected chi connectivity index (χ2v) is 4.25. The van der Waals surface area contributed by atoms with Crippen LogP contribution in [-0.4, -0.2) is 4.98 Å². The Kier molecular flexibility index (Phi) is 3.59. The highest BCUT2D eigenvalue weighted by molar-refractivity contribution is 5.48. The monoisotopic (exact) mass is 237 g/mol. The van der Waals surface area contributed by atoms with E-state index in [2.05, 4.69) is 16.4 Å². The average molecular weight is 237 g/mol. The van der Waals surface area contributed by atoms with Crippen LogP contribution in [0.4, 0.5) is 5.69 Å². The van der Waals surface area contributed by atoms with Gasteiger partial charge in [-0.05, 0) is 43.7 Å². The van der Waals surface area contributed by atoms with E-state index in [1.54, 1.807) is 0 Å². The van der Waals surface area contributed by atoms with Crippen LogP contribution >= 0.6 is 0 Å². The van der Waals surface area contributed by atoms with Gasteiger partial charge in [-0.15, -0.1) is 0 Å². The lowest BCUT2D eigenvalue weighted by Crippen LogP contribution is -2.02. The smallest absolute Gasteiger partial charge is 0.0991 e. The zero-order valence-corrected chi connectivity index (χ0v) is 10.6. The van der Waals surface area contributed by atoms with Gasteiger partial charge in [-0.2, -0.15) is 5.26 Å². The second kappa shape index (κ2) is 5.33. The molecule has 0 spiro atoms. The number of pyridine rings is 1. The molecule has 0 amide bonds. The van der Waals surface area contributed by atoms with Crippen molar-refractivity contribution in [1.82, 2.24) is 4.98 Å². The number of nitrogens with zero attached hydrogens (tertiary/aromatic N) is 2. The van der Waals surface area contributed by atoms with Gasteiger partial charge in [0.2, 0.25) is 0 Å². The van der Waals surface area contributed by atoms with E-state index in [1.807, 2.05) is 50.2 Å². The van der Waals surface area contributed by atoms with Crippen LogP contribution in [0.5, 0.6) is 0 Å². The fraction of sp³-hybridized carbons (Fsp3) is 0.200. The first-order valence-electron chi connectivity index (χ1n) is 5.86. The topological polar surface area (TPSA) is 48.7 Å². The Bertz CT molecular complexity index is 580. The van der Waals surface area contributed by atoms with Gasteiger partial charge in [0.25, 0.3) is 0 Å². The molecule has 3 nitrogen and oxygen atoms in total. The molecule has 1 aromatic carbocycles. The van der Waals surface area contributed by atoms with Crippen molar-refractivity contribution >= 4 is 5.69 Å². The Morgan fingerprint density at radius 1 is 1.11 bits per heavy atom. The Labute approximate surface area is 107 Å². The SMILES string of the molecule is Cc1ccc(NCc2ccc(C#N)cc2)c(C)n1. The number of hydrogen-bond acceptors (Lipinski definition) is 3. The first-order chi connectivity index (χ1) is 8.69. The molecule has 0 saturated heterocycles. The summed E-state index contributed by atoms with van der Waals surface area (Å²) < 4.78 is 0. The van der Waals surface area contributed by atoms with Gasteiger partial charge < -0.3 is 5.32 Å². The summed E-state index contributed by atoms with van der Waals surface area (Å²) in [6, 6.07) is 13.7. The molecule has 0 aliphatic rings. The van der Waals surface area contributed by atoms with Crippen LogP contribution in [0.25, 0.3) is 0 Å². The summed E-state index contributed by atoms with van der Waals surface area (Å²) in [6.07, 6.45) is 0. The highest BCUT2D eigenvalue weighted by atomic mass is 14.9. The zero-order chi connectivity index (χ0) is 13.0. The highest BCUT2D eigenvalue weighted by Crippen LogP contribution is 2.14. The molecule has 0 fully saturated rings. The molecule has 90 valence electrons. The molecular formula is C15H15N3. The molecule has 0 bridgehead atoms. The van der Waals surface area contributed by atoms with Crippen molar-refractivity contribution in [3.05, 3.63) is 58.9 Å². The molecule has 0 atom stereocenters. The third kappa shape index (κ3) is 2.86. The van der Waals surface area contributed by atoms with Gasteiger partial charge in [0.15, 0.2) is 0 Å². The minimum atomic E-state index is 0.687. The number of rotatable bonds is 3. The maximum Gasteiger partial charge on any atom is 0.0991 e. The lowest BCUT2D eigenvalue weighted by atomic mass is 10.1. The predicted octanol–water partition coefficient (Wildman–Crippen LogP) is 3.18. The van der Waals surface area contributed by atoms with Crippen molar-refractivity contribution in [2.24, 2.45) is 0 Å². The molecule has 0 unspecified atom stereocenters. The zero-order valence-electron chi connectivity index (χ0n) is 10.6. The molecule has 1 heterocycles. The van der Waals surface area contributed by atoms with Crippen LogP contribution in [0.3, 0.4) is 0 Å². The molecule has 2 rings (SSSR count). The summed E-state index contributed by atoms with van der Waals surface area (Å²) in [6.45, 7) is 4.71. The summed E-state index contributed by atoms with van der Waals surface area (Å²) in [4.78, 5) is 4.41. The summed E-state index contributed by atoms with van der Waals surface area (Å²) in [5.74, 6) is 0. The minimum absolute atomic E-state index is 0.687. The molecule has 0 saturated carbocycles. The van der Waals surface area contributed by atoms with E-state index in [0.717, 1.165) is 29.2 Å². The van der Waals surface area contributed by atoms with E-state index < -0.39 is 0 Å². The van der Waals surface area contributed by atoms with Gasteiger partial charge in [-0.3, -0.25) is 4.98 Å². The summed E-state index contributed by atoms with van der Waals surface area (Å²) in [5.41, 5.74) is 4.91. The molecule has 0 aliphatic heterocycles. The molecule has 3 heteroatoms. The number of hydrogen-bond donors (Lipinski definition) is 1. The van der Waals surface area contributed by atoms with Crippen molar-refractivity contribution in [2.75, 3.05) is 5.32 Å². The third-order valence-electron chi connectivity index (χ3n) is 2.79. The molecule has 2 aromatic rings. The number of anilines is 1. The Morgan fingerprint density at radius 3 is 2.44 bits per heavy atom. The molecule has 0 aliphatic carbocycles. The minimum Gasteiger partial charge on any atom is -0.380 e. The van der Waals surface area contributed by atoms with Crippen LogP contribution in [0.1, 0.15) is 22.5 Å². The number of aromatic nitrogens is 1. The first kappa shape index (κ1) is 12.1. The number of nitriles is 1. The number of benzene rings is 1. The molecule has 1 N–H and O–H groups in total. The third-order valence-corrected chi connectivity index (χ3v) is 2.79. The molecule has 1 aromatic heterocycles. The van der Waals surface area contributed by atoms with Crippen LogP contribution in [-0.2, 0) is 6.54 Å². The Morgan fingerprint density at radius 2 is 1.83 bits per heavy atom. The Balaban J connectivity index is 2.04. The average Bonchev–Trinajstić information content (AvgIpc) is 2.38. The van der Waals surface area contributed by atoms with Crippen molar-refractivity contribution in [2.45, 2.75) is 20.4 Å². The van der Waals surface area contributed by atoms with Crippen LogP contribution < -0.4 is 5.32 Å².